The number of carbonyl (C=O) groups is 1. The second-order valence-corrected chi connectivity index (χ2v) is 4.38. The molecule has 1 aromatic carbocycles. The maximum Gasteiger partial charge on any atom is 0.252 e. The van der Waals surface area contributed by atoms with Gasteiger partial charge in [0.25, 0.3) is 5.24 Å². The lowest BCUT2D eigenvalue weighted by Gasteiger charge is -1.96. The molecule has 4 nitrogen and oxygen atoms in total. The molecule has 1 heterocycles. The SMILES string of the molecule is O=C(Cl)c1cccc(-c2noc(CCCCl)n2)c1. The van der Waals surface area contributed by atoms with E-state index >= 15 is 0 Å². The minimum absolute atomic E-state index is 0.404. The summed E-state index contributed by atoms with van der Waals surface area (Å²) in [6, 6.07) is 6.78. The first-order valence-corrected chi connectivity index (χ1v) is 6.31. The summed E-state index contributed by atoms with van der Waals surface area (Å²) in [5, 5.41) is 3.34. The third-order valence-electron chi connectivity index (χ3n) is 2.34. The van der Waals surface area contributed by atoms with Crippen LogP contribution in [0.4, 0.5) is 0 Å². The van der Waals surface area contributed by atoms with Crippen molar-refractivity contribution in [2.45, 2.75) is 12.8 Å². The largest absolute Gasteiger partial charge is 0.339 e. The lowest BCUT2D eigenvalue weighted by molar-refractivity contribution is 0.108. The summed E-state index contributed by atoms with van der Waals surface area (Å²) >= 11 is 11.0. The maximum absolute atomic E-state index is 11.1. The highest BCUT2D eigenvalue weighted by Gasteiger charge is 2.10. The summed E-state index contributed by atoms with van der Waals surface area (Å²) in [5.41, 5.74) is 1.10. The number of hydrogen-bond acceptors (Lipinski definition) is 4. The second kappa shape index (κ2) is 5.98. The third kappa shape index (κ3) is 3.09. The molecule has 0 fully saturated rings. The number of halogens is 2. The van der Waals surface area contributed by atoms with Crippen molar-refractivity contribution in [1.82, 2.24) is 10.1 Å². The number of alkyl halides is 1. The van der Waals surface area contributed by atoms with Gasteiger partial charge in [-0.1, -0.05) is 23.4 Å². The van der Waals surface area contributed by atoms with E-state index in [0.717, 1.165) is 6.42 Å². The van der Waals surface area contributed by atoms with Crippen LogP contribution in [0.2, 0.25) is 0 Å². The molecule has 0 radical (unpaired) electrons. The highest BCUT2D eigenvalue weighted by atomic mass is 35.5. The number of benzene rings is 1. The van der Waals surface area contributed by atoms with Gasteiger partial charge in [-0.2, -0.15) is 4.98 Å². The van der Waals surface area contributed by atoms with Gasteiger partial charge in [-0.25, -0.2) is 0 Å². The third-order valence-corrected chi connectivity index (χ3v) is 2.83. The van der Waals surface area contributed by atoms with Crippen molar-refractivity contribution in [3.8, 4) is 11.4 Å². The number of aromatic nitrogens is 2. The number of hydrogen-bond donors (Lipinski definition) is 0. The summed E-state index contributed by atoms with van der Waals surface area (Å²) in [4.78, 5) is 15.3. The highest BCUT2D eigenvalue weighted by Crippen LogP contribution is 2.18. The number of aryl methyl sites for hydroxylation is 1. The molecule has 0 aliphatic rings. The standard InChI is InChI=1S/C12H10Cl2N2O2/c13-6-2-5-10-15-12(16-18-10)9-4-1-3-8(7-9)11(14)17/h1,3-4,7H,2,5-6H2. The molecule has 18 heavy (non-hydrogen) atoms. The molecular weight excluding hydrogens is 275 g/mol. The Kier molecular flexibility index (Phi) is 4.33. The summed E-state index contributed by atoms with van der Waals surface area (Å²) in [7, 11) is 0. The molecule has 0 atom stereocenters. The van der Waals surface area contributed by atoms with Crippen molar-refractivity contribution < 1.29 is 9.32 Å². The number of carbonyl (C=O) groups excluding carboxylic acids is 1. The summed E-state index contributed by atoms with van der Waals surface area (Å²) in [5.74, 6) is 1.53. The Hall–Kier alpha value is -1.39. The molecular formula is C12H10Cl2N2O2. The second-order valence-electron chi connectivity index (χ2n) is 3.66. The van der Waals surface area contributed by atoms with E-state index in [-0.39, 0.29) is 0 Å². The molecule has 2 rings (SSSR count). The van der Waals surface area contributed by atoms with Crippen LogP contribution in [-0.4, -0.2) is 21.3 Å². The fourth-order valence-electron chi connectivity index (χ4n) is 1.47. The maximum atomic E-state index is 11.1. The Balaban J connectivity index is 2.23. The smallest absolute Gasteiger partial charge is 0.252 e. The molecule has 1 aromatic heterocycles. The first kappa shape index (κ1) is 13.1. The Labute approximate surface area is 114 Å². The van der Waals surface area contributed by atoms with Crippen LogP contribution in [0.3, 0.4) is 0 Å². The van der Waals surface area contributed by atoms with Crippen LogP contribution in [-0.2, 0) is 6.42 Å². The zero-order valence-electron chi connectivity index (χ0n) is 9.40. The lowest BCUT2D eigenvalue weighted by atomic mass is 10.1. The topological polar surface area (TPSA) is 56.0 Å². The van der Waals surface area contributed by atoms with Crippen molar-refractivity contribution in [2.75, 3.05) is 5.88 Å². The van der Waals surface area contributed by atoms with Crippen LogP contribution in [0.25, 0.3) is 11.4 Å². The van der Waals surface area contributed by atoms with E-state index in [1.165, 1.54) is 0 Å². The van der Waals surface area contributed by atoms with Crippen molar-refractivity contribution >= 4 is 28.4 Å². The quantitative estimate of drug-likeness (QED) is 0.625. The molecule has 0 N–H and O–H groups in total. The number of nitrogens with zero attached hydrogens (tertiary/aromatic N) is 2. The number of rotatable bonds is 5. The molecule has 0 aliphatic heterocycles. The molecule has 0 saturated carbocycles. The molecule has 2 aromatic rings. The molecule has 0 saturated heterocycles. The van der Waals surface area contributed by atoms with E-state index in [2.05, 4.69) is 10.1 Å². The van der Waals surface area contributed by atoms with Crippen molar-refractivity contribution in [2.24, 2.45) is 0 Å². The Morgan fingerprint density at radius 1 is 1.39 bits per heavy atom. The molecule has 0 unspecified atom stereocenters. The first-order valence-electron chi connectivity index (χ1n) is 5.39. The van der Waals surface area contributed by atoms with E-state index in [4.69, 9.17) is 27.7 Å². The van der Waals surface area contributed by atoms with Gasteiger partial charge in [-0.05, 0) is 24.1 Å². The van der Waals surface area contributed by atoms with Gasteiger partial charge in [-0.3, -0.25) is 4.79 Å². The fraction of sp³-hybridized carbons (Fsp3) is 0.250. The van der Waals surface area contributed by atoms with Gasteiger partial charge in [0.1, 0.15) is 0 Å². The predicted octanol–water partition coefficient (Wildman–Crippen LogP) is 3.29. The van der Waals surface area contributed by atoms with Crippen molar-refractivity contribution in [1.29, 1.82) is 0 Å². The van der Waals surface area contributed by atoms with Crippen LogP contribution in [0.1, 0.15) is 22.7 Å². The fourth-order valence-corrected chi connectivity index (χ4v) is 1.72. The highest BCUT2D eigenvalue weighted by molar-refractivity contribution is 6.67. The normalized spacial score (nSPS) is 10.6. The molecule has 0 amide bonds. The molecule has 6 heteroatoms. The Morgan fingerprint density at radius 3 is 2.94 bits per heavy atom. The van der Waals surface area contributed by atoms with E-state index in [1.807, 2.05) is 0 Å². The van der Waals surface area contributed by atoms with E-state index < -0.39 is 5.24 Å². The van der Waals surface area contributed by atoms with Gasteiger partial charge in [-0.15, -0.1) is 11.6 Å². The van der Waals surface area contributed by atoms with Crippen LogP contribution in [0.5, 0.6) is 0 Å². The molecule has 0 bridgehead atoms. The van der Waals surface area contributed by atoms with E-state index in [0.29, 0.717) is 35.1 Å². The molecule has 0 spiro atoms. The average Bonchev–Trinajstić information content (AvgIpc) is 2.85. The monoisotopic (exact) mass is 284 g/mol. The summed E-state index contributed by atoms with van der Waals surface area (Å²) < 4.78 is 5.08. The molecule has 94 valence electrons. The van der Waals surface area contributed by atoms with Crippen LogP contribution < -0.4 is 0 Å². The minimum Gasteiger partial charge on any atom is -0.339 e. The van der Waals surface area contributed by atoms with Gasteiger partial charge in [0.15, 0.2) is 0 Å². The minimum atomic E-state index is -0.511. The lowest BCUT2D eigenvalue weighted by Crippen LogP contribution is -1.90. The first-order chi connectivity index (χ1) is 8.70. The van der Waals surface area contributed by atoms with E-state index in [1.54, 1.807) is 24.3 Å². The predicted molar refractivity (Wildman–Crippen MR) is 69.0 cm³/mol. The van der Waals surface area contributed by atoms with Crippen molar-refractivity contribution in [3.05, 3.63) is 35.7 Å². The Bertz CT molecular complexity index is 555. The van der Waals surface area contributed by atoms with Gasteiger partial charge in [0.05, 0.1) is 0 Å². The van der Waals surface area contributed by atoms with Crippen molar-refractivity contribution in [3.63, 3.8) is 0 Å². The zero-order chi connectivity index (χ0) is 13.0. The van der Waals surface area contributed by atoms with Gasteiger partial charge in [0.2, 0.25) is 11.7 Å². The van der Waals surface area contributed by atoms with Gasteiger partial charge < -0.3 is 4.52 Å². The summed E-state index contributed by atoms with van der Waals surface area (Å²) in [6.07, 6.45) is 1.42. The van der Waals surface area contributed by atoms with Crippen LogP contribution in [0.15, 0.2) is 28.8 Å². The van der Waals surface area contributed by atoms with Gasteiger partial charge >= 0.3 is 0 Å². The van der Waals surface area contributed by atoms with Crippen LogP contribution in [0, 0.1) is 0 Å². The average molecular weight is 285 g/mol. The van der Waals surface area contributed by atoms with Gasteiger partial charge in [0, 0.05) is 23.4 Å². The van der Waals surface area contributed by atoms with E-state index in [9.17, 15) is 4.79 Å². The summed E-state index contributed by atoms with van der Waals surface area (Å²) in [6.45, 7) is 0. The Morgan fingerprint density at radius 2 is 2.22 bits per heavy atom. The molecule has 0 aliphatic carbocycles. The zero-order valence-corrected chi connectivity index (χ0v) is 10.9. The van der Waals surface area contributed by atoms with Crippen LogP contribution >= 0.6 is 23.2 Å².